The van der Waals surface area contributed by atoms with Crippen LogP contribution in [0.25, 0.3) is 0 Å². The third kappa shape index (κ3) is 3.82. The lowest BCUT2D eigenvalue weighted by atomic mass is 9.78. The van der Waals surface area contributed by atoms with E-state index in [1.165, 1.54) is 38.0 Å². The Labute approximate surface area is 93.4 Å². The van der Waals surface area contributed by atoms with Gasteiger partial charge in [0, 0.05) is 18.3 Å². The Morgan fingerprint density at radius 1 is 1.29 bits per heavy atom. The van der Waals surface area contributed by atoms with Crippen LogP contribution in [0.5, 0.6) is 0 Å². The first kappa shape index (κ1) is 12.4. The molecule has 1 saturated carbocycles. The van der Waals surface area contributed by atoms with Gasteiger partial charge in [-0.2, -0.15) is 11.8 Å². The molecular weight excluding hydrogens is 190 g/mol. The minimum atomic E-state index is 0.802. The van der Waals surface area contributed by atoms with Gasteiger partial charge in [0.05, 0.1) is 0 Å². The van der Waals surface area contributed by atoms with E-state index in [2.05, 4.69) is 25.4 Å². The molecule has 0 aromatic heterocycles. The normalized spacial score (nSPS) is 28.3. The van der Waals surface area contributed by atoms with Gasteiger partial charge in [-0.25, -0.2) is 0 Å². The highest BCUT2D eigenvalue weighted by molar-refractivity contribution is 7.98. The first-order valence-corrected chi connectivity index (χ1v) is 7.37. The lowest BCUT2D eigenvalue weighted by Crippen LogP contribution is -2.41. The summed E-state index contributed by atoms with van der Waals surface area (Å²) in [4.78, 5) is 0. The summed E-state index contributed by atoms with van der Waals surface area (Å²) in [6, 6.07) is 0.802. The Hall–Kier alpha value is 0.310. The maximum absolute atomic E-state index is 3.73. The predicted molar refractivity (Wildman–Crippen MR) is 67.0 cm³/mol. The molecule has 0 aromatic rings. The summed E-state index contributed by atoms with van der Waals surface area (Å²) in [5.74, 6) is 3.02. The Morgan fingerprint density at radius 2 is 2.00 bits per heavy atom. The van der Waals surface area contributed by atoms with Crippen LogP contribution in [0.15, 0.2) is 0 Å². The van der Waals surface area contributed by atoms with Crippen molar-refractivity contribution in [2.75, 3.05) is 18.6 Å². The Morgan fingerprint density at radius 3 is 2.64 bits per heavy atom. The molecule has 14 heavy (non-hydrogen) atoms. The molecule has 0 bridgehead atoms. The zero-order valence-electron chi connectivity index (χ0n) is 9.88. The van der Waals surface area contributed by atoms with Gasteiger partial charge in [0.15, 0.2) is 0 Å². The van der Waals surface area contributed by atoms with Crippen LogP contribution in [0.2, 0.25) is 0 Å². The molecule has 1 aliphatic rings. The van der Waals surface area contributed by atoms with E-state index in [1.54, 1.807) is 0 Å². The fourth-order valence-electron chi connectivity index (χ4n) is 2.56. The molecule has 1 fully saturated rings. The highest BCUT2D eigenvalue weighted by Gasteiger charge is 2.26. The van der Waals surface area contributed by atoms with E-state index < -0.39 is 0 Å². The maximum Gasteiger partial charge on any atom is 0.00981 e. The first-order valence-electron chi connectivity index (χ1n) is 5.98. The summed E-state index contributed by atoms with van der Waals surface area (Å²) in [6.45, 7) is 5.94. The van der Waals surface area contributed by atoms with E-state index in [1.807, 2.05) is 11.8 Å². The molecule has 84 valence electrons. The number of thioether (sulfide) groups is 1. The van der Waals surface area contributed by atoms with Crippen molar-refractivity contribution in [2.45, 2.75) is 45.6 Å². The third-order valence-corrected chi connectivity index (χ3v) is 4.00. The highest BCUT2D eigenvalue weighted by Crippen LogP contribution is 2.29. The van der Waals surface area contributed by atoms with Gasteiger partial charge in [-0.15, -0.1) is 0 Å². The van der Waals surface area contributed by atoms with E-state index in [9.17, 15) is 0 Å². The van der Waals surface area contributed by atoms with Crippen molar-refractivity contribution >= 4 is 11.8 Å². The van der Waals surface area contributed by atoms with Gasteiger partial charge in [0.25, 0.3) is 0 Å². The van der Waals surface area contributed by atoms with Crippen molar-refractivity contribution in [1.29, 1.82) is 0 Å². The number of hydrogen-bond donors (Lipinski definition) is 1. The zero-order chi connectivity index (χ0) is 10.4. The van der Waals surface area contributed by atoms with E-state index in [-0.39, 0.29) is 0 Å². The summed E-state index contributed by atoms with van der Waals surface area (Å²) in [5, 5.41) is 3.73. The Kier molecular flexibility index (Phi) is 5.95. The lowest BCUT2D eigenvalue weighted by Gasteiger charge is -2.35. The minimum absolute atomic E-state index is 0.802. The molecule has 2 unspecified atom stereocenters. The molecule has 0 aliphatic heterocycles. The van der Waals surface area contributed by atoms with Crippen molar-refractivity contribution < 1.29 is 0 Å². The Bertz CT molecular complexity index is 147. The van der Waals surface area contributed by atoms with Crippen LogP contribution in [0.4, 0.5) is 0 Å². The largest absolute Gasteiger partial charge is 0.313 e. The van der Waals surface area contributed by atoms with Crippen LogP contribution < -0.4 is 5.32 Å². The molecule has 2 atom stereocenters. The SMILES string of the molecule is CSCCNC1CCCCC1C(C)C. The molecule has 0 saturated heterocycles. The Balaban J connectivity index is 2.30. The van der Waals surface area contributed by atoms with Crippen LogP contribution in [-0.4, -0.2) is 24.6 Å². The second kappa shape index (κ2) is 6.73. The summed E-state index contributed by atoms with van der Waals surface area (Å²) in [5.41, 5.74) is 0. The summed E-state index contributed by atoms with van der Waals surface area (Å²) >= 11 is 1.94. The van der Waals surface area contributed by atoms with Gasteiger partial charge < -0.3 is 5.32 Å². The maximum atomic E-state index is 3.73. The average molecular weight is 215 g/mol. The van der Waals surface area contributed by atoms with Crippen LogP contribution in [0.3, 0.4) is 0 Å². The fraction of sp³-hybridized carbons (Fsp3) is 1.00. The van der Waals surface area contributed by atoms with E-state index >= 15 is 0 Å². The quantitative estimate of drug-likeness (QED) is 0.707. The van der Waals surface area contributed by atoms with Gasteiger partial charge >= 0.3 is 0 Å². The standard InChI is InChI=1S/C12H25NS/c1-10(2)11-6-4-5-7-12(11)13-8-9-14-3/h10-13H,4-9H2,1-3H3. The fourth-order valence-corrected chi connectivity index (χ4v) is 2.88. The molecule has 0 spiro atoms. The van der Waals surface area contributed by atoms with E-state index in [4.69, 9.17) is 0 Å². The van der Waals surface area contributed by atoms with Crippen LogP contribution in [0, 0.1) is 11.8 Å². The molecule has 1 nitrogen and oxygen atoms in total. The van der Waals surface area contributed by atoms with Gasteiger partial charge in [0.1, 0.15) is 0 Å². The molecular formula is C12H25NS. The highest BCUT2D eigenvalue weighted by atomic mass is 32.2. The zero-order valence-corrected chi connectivity index (χ0v) is 10.7. The topological polar surface area (TPSA) is 12.0 Å². The van der Waals surface area contributed by atoms with Gasteiger partial charge in [-0.05, 0) is 30.9 Å². The average Bonchev–Trinajstić information content (AvgIpc) is 2.19. The molecule has 1 rings (SSSR count). The number of hydrogen-bond acceptors (Lipinski definition) is 2. The predicted octanol–water partition coefficient (Wildman–Crippen LogP) is 3.15. The van der Waals surface area contributed by atoms with Crippen molar-refractivity contribution in [3.8, 4) is 0 Å². The molecule has 2 heteroatoms. The van der Waals surface area contributed by atoms with Crippen molar-refractivity contribution in [3.63, 3.8) is 0 Å². The van der Waals surface area contributed by atoms with Crippen molar-refractivity contribution in [1.82, 2.24) is 5.32 Å². The van der Waals surface area contributed by atoms with Gasteiger partial charge in [-0.3, -0.25) is 0 Å². The van der Waals surface area contributed by atoms with E-state index in [0.29, 0.717) is 0 Å². The van der Waals surface area contributed by atoms with Crippen molar-refractivity contribution in [3.05, 3.63) is 0 Å². The van der Waals surface area contributed by atoms with Gasteiger partial charge in [-0.1, -0.05) is 26.7 Å². The van der Waals surface area contributed by atoms with Crippen LogP contribution >= 0.6 is 11.8 Å². The summed E-state index contributed by atoms with van der Waals surface area (Å²) in [7, 11) is 0. The number of nitrogens with one attached hydrogen (secondary N) is 1. The lowest BCUT2D eigenvalue weighted by molar-refractivity contribution is 0.208. The third-order valence-electron chi connectivity index (χ3n) is 3.39. The van der Waals surface area contributed by atoms with Crippen LogP contribution in [0.1, 0.15) is 39.5 Å². The molecule has 0 aromatic carbocycles. The summed E-state index contributed by atoms with van der Waals surface area (Å²) in [6.07, 6.45) is 7.90. The second-order valence-corrected chi connectivity index (χ2v) is 5.73. The monoisotopic (exact) mass is 215 g/mol. The number of rotatable bonds is 5. The van der Waals surface area contributed by atoms with Crippen LogP contribution in [-0.2, 0) is 0 Å². The first-order chi connectivity index (χ1) is 6.75. The smallest absolute Gasteiger partial charge is 0.00981 e. The molecule has 0 radical (unpaired) electrons. The van der Waals surface area contributed by atoms with Crippen molar-refractivity contribution in [2.24, 2.45) is 11.8 Å². The van der Waals surface area contributed by atoms with Gasteiger partial charge in [0.2, 0.25) is 0 Å². The molecule has 1 aliphatic carbocycles. The molecule has 0 amide bonds. The van der Waals surface area contributed by atoms with E-state index in [0.717, 1.165) is 17.9 Å². The molecule has 0 heterocycles. The minimum Gasteiger partial charge on any atom is -0.313 e. The second-order valence-electron chi connectivity index (χ2n) is 4.75. The molecule has 1 N–H and O–H groups in total. The summed E-state index contributed by atoms with van der Waals surface area (Å²) < 4.78 is 0.